The number of benzene rings is 1. The van der Waals surface area contributed by atoms with Crippen LogP contribution in [0, 0.1) is 11.7 Å². The first kappa shape index (κ1) is 15.5. The van der Waals surface area contributed by atoms with Gasteiger partial charge in [0, 0.05) is 38.4 Å². The van der Waals surface area contributed by atoms with E-state index in [1.54, 1.807) is 37.6 Å². The molecule has 1 aliphatic heterocycles. The van der Waals surface area contributed by atoms with E-state index < -0.39 is 0 Å². The predicted octanol–water partition coefficient (Wildman–Crippen LogP) is 2.21. The Morgan fingerprint density at radius 1 is 1.39 bits per heavy atom. The molecule has 0 radical (unpaired) electrons. The van der Waals surface area contributed by atoms with Crippen molar-refractivity contribution >= 4 is 5.82 Å². The number of piperidine rings is 1. The molecule has 2 heterocycles. The summed E-state index contributed by atoms with van der Waals surface area (Å²) in [6.45, 7) is 1.94. The summed E-state index contributed by atoms with van der Waals surface area (Å²) in [5.74, 6) is 0.651. The molecule has 6 heteroatoms. The molecule has 3 rings (SSSR count). The van der Waals surface area contributed by atoms with E-state index in [1.165, 1.54) is 10.6 Å². The lowest BCUT2D eigenvalue weighted by molar-refractivity contribution is 0.220. The van der Waals surface area contributed by atoms with Gasteiger partial charge < -0.3 is 14.2 Å². The van der Waals surface area contributed by atoms with Crippen molar-refractivity contribution in [3.05, 3.63) is 52.8 Å². The minimum atomic E-state index is -0.348. The van der Waals surface area contributed by atoms with Crippen molar-refractivity contribution in [1.82, 2.24) is 9.55 Å². The molecule has 1 fully saturated rings. The number of para-hydroxylation sites is 1. The number of aromatic nitrogens is 2. The van der Waals surface area contributed by atoms with Gasteiger partial charge in [0.1, 0.15) is 0 Å². The van der Waals surface area contributed by atoms with Gasteiger partial charge in [-0.25, -0.2) is 9.37 Å². The van der Waals surface area contributed by atoms with E-state index in [0.29, 0.717) is 19.0 Å². The molecule has 2 aromatic rings. The van der Waals surface area contributed by atoms with Crippen molar-refractivity contribution in [3.63, 3.8) is 0 Å². The van der Waals surface area contributed by atoms with Gasteiger partial charge in [0.05, 0.1) is 6.61 Å². The molecule has 0 N–H and O–H groups in total. The van der Waals surface area contributed by atoms with Gasteiger partial charge in [0.15, 0.2) is 17.4 Å². The molecule has 0 bridgehead atoms. The minimum absolute atomic E-state index is 0.0943. The molecule has 1 aromatic heterocycles. The Hall–Kier alpha value is -2.37. The zero-order valence-corrected chi connectivity index (χ0v) is 13.1. The zero-order chi connectivity index (χ0) is 16.2. The second kappa shape index (κ2) is 6.81. The third kappa shape index (κ3) is 3.52. The van der Waals surface area contributed by atoms with E-state index >= 15 is 0 Å². The highest BCUT2D eigenvalue weighted by Gasteiger charge is 2.23. The Kier molecular flexibility index (Phi) is 4.60. The summed E-state index contributed by atoms with van der Waals surface area (Å²) in [6.07, 6.45) is 5.24. The molecular formula is C17H20FN3O2. The van der Waals surface area contributed by atoms with E-state index in [2.05, 4.69) is 4.98 Å². The smallest absolute Gasteiger partial charge is 0.293 e. The topological polar surface area (TPSA) is 47.4 Å². The lowest BCUT2D eigenvalue weighted by Gasteiger charge is -2.33. The Bertz CT molecular complexity index is 732. The van der Waals surface area contributed by atoms with Crippen LogP contribution < -0.4 is 15.2 Å². The fourth-order valence-electron chi connectivity index (χ4n) is 2.86. The Morgan fingerprint density at radius 2 is 2.22 bits per heavy atom. The van der Waals surface area contributed by atoms with Crippen LogP contribution in [0.1, 0.15) is 12.8 Å². The number of anilines is 1. The molecule has 1 atom stereocenters. The normalized spacial score (nSPS) is 18.0. The zero-order valence-electron chi connectivity index (χ0n) is 13.1. The molecule has 1 unspecified atom stereocenters. The van der Waals surface area contributed by atoms with Gasteiger partial charge in [-0.05, 0) is 25.0 Å². The summed E-state index contributed by atoms with van der Waals surface area (Å²) >= 11 is 0. The summed E-state index contributed by atoms with van der Waals surface area (Å²) in [7, 11) is 1.72. The first-order valence-corrected chi connectivity index (χ1v) is 7.79. The average molecular weight is 317 g/mol. The fraction of sp³-hybridized carbons (Fsp3) is 0.412. The van der Waals surface area contributed by atoms with Gasteiger partial charge in [-0.2, -0.15) is 0 Å². The van der Waals surface area contributed by atoms with Crippen LogP contribution in [0.25, 0.3) is 0 Å². The van der Waals surface area contributed by atoms with Gasteiger partial charge in [0.25, 0.3) is 5.56 Å². The van der Waals surface area contributed by atoms with Crippen LogP contribution in [0.4, 0.5) is 10.2 Å². The van der Waals surface area contributed by atoms with Crippen molar-refractivity contribution in [2.75, 3.05) is 24.6 Å². The van der Waals surface area contributed by atoms with E-state index in [9.17, 15) is 9.18 Å². The van der Waals surface area contributed by atoms with Crippen LogP contribution in [0.15, 0.2) is 41.5 Å². The van der Waals surface area contributed by atoms with Crippen LogP contribution in [-0.4, -0.2) is 29.2 Å². The largest absolute Gasteiger partial charge is 0.490 e. The standard InChI is InChI=1S/C17H20FN3O2/c1-20-10-8-19-16(17(20)22)21-9-4-5-13(11-21)12-23-15-7-3-2-6-14(15)18/h2-3,6-8,10,13H,4-5,9,11-12H2,1H3. The van der Waals surface area contributed by atoms with Crippen molar-refractivity contribution in [1.29, 1.82) is 0 Å². The molecule has 122 valence electrons. The Morgan fingerprint density at radius 3 is 3.04 bits per heavy atom. The molecule has 0 spiro atoms. The molecule has 0 amide bonds. The van der Waals surface area contributed by atoms with Crippen LogP contribution in [-0.2, 0) is 7.05 Å². The number of hydrogen-bond acceptors (Lipinski definition) is 4. The minimum Gasteiger partial charge on any atom is -0.490 e. The average Bonchev–Trinajstić information content (AvgIpc) is 2.57. The van der Waals surface area contributed by atoms with E-state index in [4.69, 9.17) is 4.74 Å². The molecule has 23 heavy (non-hydrogen) atoms. The van der Waals surface area contributed by atoms with E-state index in [0.717, 1.165) is 19.4 Å². The monoisotopic (exact) mass is 317 g/mol. The highest BCUT2D eigenvalue weighted by atomic mass is 19.1. The second-order valence-electron chi connectivity index (χ2n) is 5.86. The van der Waals surface area contributed by atoms with Gasteiger partial charge in [-0.15, -0.1) is 0 Å². The second-order valence-corrected chi connectivity index (χ2v) is 5.86. The molecule has 5 nitrogen and oxygen atoms in total. The van der Waals surface area contributed by atoms with Crippen LogP contribution >= 0.6 is 0 Å². The summed E-state index contributed by atoms with van der Waals surface area (Å²) in [5.41, 5.74) is -0.0943. The third-order valence-electron chi connectivity index (χ3n) is 4.13. The van der Waals surface area contributed by atoms with Crippen molar-refractivity contribution in [2.45, 2.75) is 12.8 Å². The van der Waals surface area contributed by atoms with Crippen molar-refractivity contribution < 1.29 is 9.13 Å². The number of nitrogens with zero attached hydrogens (tertiary/aromatic N) is 3. The first-order valence-electron chi connectivity index (χ1n) is 7.79. The highest BCUT2D eigenvalue weighted by molar-refractivity contribution is 5.36. The Labute approximate surface area is 134 Å². The summed E-state index contributed by atoms with van der Waals surface area (Å²) < 4.78 is 20.7. The van der Waals surface area contributed by atoms with Crippen molar-refractivity contribution in [3.8, 4) is 5.75 Å². The van der Waals surface area contributed by atoms with Gasteiger partial charge >= 0.3 is 0 Å². The number of halogens is 1. The molecule has 1 aliphatic rings. The highest BCUT2D eigenvalue weighted by Crippen LogP contribution is 2.22. The summed E-state index contributed by atoms with van der Waals surface area (Å²) in [4.78, 5) is 18.4. The summed E-state index contributed by atoms with van der Waals surface area (Å²) in [6, 6.07) is 6.41. The predicted molar refractivity (Wildman–Crippen MR) is 86.3 cm³/mol. The molecule has 1 saturated heterocycles. The SMILES string of the molecule is Cn1ccnc(N2CCCC(COc3ccccc3F)C2)c1=O. The lowest BCUT2D eigenvalue weighted by Crippen LogP contribution is -2.41. The number of aryl methyl sites for hydroxylation is 1. The molecule has 1 aromatic carbocycles. The number of hydrogen-bond donors (Lipinski definition) is 0. The van der Waals surface area contributed by atoms with Crippen molar-refractivity contribution in [2.24, 2.45) is 13.0 Å². The Balaban J connectivity index is 1.66. The maximum absolute atomic E-state index is 13.6. The number of ether oxygens (including phenoxy) is 1. The summed E-state index contributed by atoms with van der Waals surface area (Å²) in [5, 5.41) is 0. The third-order valence-corrected chi connectivity index (χ3v) is 4.13. The quantitative estimate of drug-likeness (QED) is 0.867. The van der Waals surface area contributed by atoms with E-state index in [1.807, 2.05) is 4.90 Å². The van der Waals surface area contributed by atoms with Gasteiger partial charge in [0.2, 0.25) is 0 Å². The fourth-order valence-corrected chi connectivity index (χ4v) is 2.86. The lowest BCUT2D eigenvalue weighted by atomic mass is 9.99. The van der Waals surface area contributed by atoms with Crippen LogP contribution in [0.2, 0.25) is 0 Å². The first-order chi connectivity index (χ1) is 11.1. The van der Waals surface area contributed by atoms with E-state index in [-0.39, 0.29) is 23.0 Å². The molecular weight excluding hydrogens is 297 g/mol. The van der Waals surface area contributed by atoms with Gasteiger partial charge in [-0.3, -0.25) is 4.79 Å². The van der Waals surface area contributed by atoms with Gasteiger partial charge in [-0.1, -0.05) is 12.1 Å². The maximum Gasteiger partial charge on any atom is 0.293 e. The van der Waals surface area contributed by atoms with Crippen LogP contribution in [0.5, 0.6) is 5.75 Å². The number of rotatable bonds is 4. The molecule has 0 aliphatic carbocycles. The van der Waals surface area contributed by atoms with Crippen LogP contribution in [0.3, 0.4) is 0 Å². The maximum atomic E-state index is 13.6. The molecule has 0 saturated carbocycles.